The minimum atomic E-state index is 0.514. The van der Waals surface area contributed by atoms with Crippen LogP contribution in [-0.2, 0) is 9.78 Å². The summed E-state index contributed by atoms with van der Waals surface area (Å²) in [7, 11) is 0. The Kier molecular flexibility index (Phi) is 2.39. The van der Waals surface area contributed by atoms with Gasteiger partial charge in [0, 0.05) is 5.92 Å². The summed E-state index contributed by atoms with van der Waals surface area (Å²) in [5.41, 5.74) is 1.35. The van der Waals surface area contributed by atoms with Gasteiger partial charge in [-0.15, -0.1) is 0 Å². The maximum atomic E-state index is 4.94. The number of rotatable bonds is 1. The summed E-state index contributed by atoms with van der Waals surface area (Å²) in [4.78, 5) is 9.76. The minimum absolute atomic E-state index is 0.514. The zero-order chi connectivity index (χ0) is 8.23. The number of hydrogen-bond donors (Lipinski definition) is 0. The van der Waals surface area contributed by atoms with Crippen molar-refractivity contribution in [2.75, 3.05) is 13.2 Å². The lowest BCUT2D eigenvalue weighted by Crippen LogP contribution is -2.17. The topological polar surface area (TPSA) is 18.5 Å². The van der Waals surface area contributed by atoms with Gasteiger partial charge in [0.2, 0.25) is 0 Å². The highest BCUT2D eigenvalue weighted by Gasteiger charge is 2.15. The molecule has 2 rings (SSSR count). The average Bonchev–Trinajstić information content (AvgIpc) is 2.21. The molecular weight excluding hydrogens is 152 g/mol. The minimum Gasteiger partial charge on any atom is -0.237 e. The molecule has 1 unspecified atom stereocenters. The summed E-state index contributed by atoms with van der Waals surface area (Å²) in [6.07, 6.45) is 1.06. The second kappa shape index (κ2) is 3.70. The Morgan fingerprint density at radius 1 is 1.08 bits per heavy atom. The van der Waals surface area contributed by atoms with Gasteiger partial charge in [0.15, 0.2) is 0 Å². The van der Waals surface area contributed by atoms with Crippen LogP contribution in [0.4, 0.5) is 0 Å². The van der Waals surface area contributed by atoms with E-state index in [2.05, 4.69) is 24.3 Å². The number of hydrogen-bond acceptors (Lipinski definition) is 2. The standard InChI is InChI=1S/C10H12O2/c1-2-4-9(5-3-1)10-6-7-11-12-8-10/h1-5,10H,6-8H2. The van der Waals surface area contributed by atoms with E-state index < -0.39 is 0 Å². The van der Waals surface area contributed by atoms with Gasteiger partial charge in [-0.1, -0.05) is 30.3 Å². The molecule has 1 aliphatic rings. The summed E-state index contributed by atoms with van der Waals surface area (Å²) >= 11 is 0. The van der Waals surface area contributed by atoms with E-state index in [0.717, 1.165) is 6.42 Å². The van der Waals surface area contributed by atoms with Crippen molar-refractivity contribution in [3.8, 4) is 0 Å². The predicted molar refractivity (Wildman–Crippen MR) is 45.7 cm³/mol. The lowest BCUT2D eigenvalue weighted by Gasteiger charge is -2.21. The molecule has 0 saturated carbocycles. The van der Waals surface area contributed by atoms with Crippen molar-refractivity contribution in [2.24, 2.45) is 0 Å². The number of benzene rings is 1. The SMILES string of the molecule is c1ccc(C2CCOOC2)cc1. The van der Waals surface area contributed by atoms with Gasteiger partial charge in [-0.05, 0) is 12.0 Å². The molecule has 0 spiro atoms. The zero-order valence-corrected chi connectivity index (χ0v) is 6.90. The van der Waals surface area contributed by atoms with Crippen LogP contribution in [0.25, 0.3) is 0 Å². The molecule has 0 bridgehead atoms. The first-order valence-corrected chi connectivity index (χ1v) is 4.26. The van der Waals surface area contributed by atoms with Crippen LogP contribution in [0.5, 0.6) is 0 Å². The van der Waals surface area contributed by atoms with Crippen molar-refractivity contribution in [2.45, 2.75) is 12.3 Å². The Labute approximate surface area is 72.0 Å². The molecule has 1 fully saturated rings. The molecule has 0 radical (unpaired) electrons. The van der Waals surface area contributed by atoms with Crippen molar-refractivity contribution in [1.82, 2.24) is 0 Å². The fraction of sp³-hybridized carbons (Fsp3) is 0.400. The molecule has 0 aliphatic carbocycles. The summed E-state index contributed by atoms with van der Waals surface area (Å²) in [5.74, 6) is 0.514. The summed E-state index contributed by atoms with van der Waals surface area (Å²) in [6.45, 7) is 1.39. The van der Waals surface area contributed by atoms with E-state index in [9.17, 15) is 0 Å². The van der Waals surface area contributed by atoms with Gasteiger partial charge in [0.25, 0.3) is 0 Å². The third kappa shape index (κ3) is 1.65. The van der Waals surface area contributed by atoms with E-state index in [1.165, 1.54) is 5.56 Å². The van der Waals surface area contributed by atoms with Crippen molar-refractivity contribution < 1.29 is 9.78 Å². The third-order valence-electron chi connectivity index (χ3n) is 2.17. The van der Waals surface area contributed by atoms with Gasteiger partial charge in [0.05, 0.1) is 13.2 Å². The van der Waals surface area contributed by atoms with Crippen molar-refractivity contribution in [3.63, 3.8) is 0 Å². The van der Waals surface area contributed by atoms with Crippen LogP contribution in [0.2, 0.25) is 0 Å². The second-order valence-electron chi connectivity index (χ2n) is 3.00. The van der Waals surface area contributed by atoms with Gasteiger partial charge >= 0.3 is 0 Å². The monoisotopic (exact) mass is 164 g/mol. The maximum Gasteiger partial charge on any atom is 0.0891 e. The van der Waals surface area contributed by atoms with E-state index in [1.54, 1.807) is 0 Å². The maximum absolute atomic E-state index is 4.94. The predicted octanol–water partition coefficient (Wildman–Crippen LogP) is 2.12. The Hall–Kier alpha value is -0.860. The summed E-state index contributed by atoms with van der Waals surface area (Å²) in [6, 6.07) is 10.4. The van der Waals surface area contributed by atoms with Gasteiger partial charge < -0.3 is 0 Å². The summed E-state index contributed by atoms with van der Waals surface area (Å²) in [5, 5.41) is 0. The molecule has 0 amide bonds. The largest absolute Gasteiger partial charge is 0.237 e. The third-order valence-corrected chi connectivity index (χ3v) is 2.17. The van der Waals surface area contributed by atoms with Gasteiger partial charge in [-0.2, -0.15) is 0 Å². The first-order valence-electron chi connectivity index (χ1n) is 4.26. The van der Waals surface area contributed by atoms with Crippen LogP contribution in [-0.4, -0.2) is 13.2 Å². The van der Waals surface area contributed by atoms with Gasteiger partial charge in [-0.25, -0.2) is 9.78 Å². The highest BCUT2D eigenvalue weighted by atomic mass is 17.2. The van der Waals surface area contributed by atoms with Crippen molar-refractivity contribution in [3.05, 3.63) is 35.9 Å². The molecular formula is C10H12O2. The Morgan fingerprint density at radius 2 is 1.92 bits per heavy atom. The molecule has 1 saturated heterocycles. The van der Waals surface area contributed by atoms with Crippen molar-refractivity contribution >= 4 is 0 Å². The molecule has 1 aliphatic heterocycles. The molecule has 0 aromatic heterocycles. The van der Waals surface area contributed by atoms with Crippen LogP contribution in [0, 0.1) is 0 Å². The Balaban J connectivity index is 2.08. The second-order valence-corrected chi connectivity index (χ2v) is 3.00. The van der Waals surface area contributed by atoms with Crippen LogP contribution in [0.15, 0.2) is 30.3 Å². The van der Waals surface area contributed by atoms with Crippen LogP contribution >= 0.6 is 0 Å². The molecule has 1 aromatic rings. The first kappa shape index (κ1) is 7.77. The van der Waals surface area contributed by atoms with Crippen LogP contribution < -0.4 is 0 Å². The van der Waals surface area contributed by atoms with E-state index in [0.29, 0.717) is 19.1 Å². The molecule has 2 heteroatoms. The van der Waals surface area contributed by atoms with Crippen LogP contribution in [0.1, 0.15) is 17.9 Å². The summed E-state index contributed by atoms with van der Waals surface area (Å²) < 4.78 is 0. The van der Waals surface area contributed by atoms with E-state index in [1.807, 2.05) is 6.07 Å². The fourth-order valence-electron chi connectivity index (χ4n) is 1.45. The molecule has 12 heavy (non-hydrogen) atoms. The fourth-order valence-corrected chi connectivity index (χ4v) is 1.45. The molecule has 1 aromatic carbocycles. The lowest BCUT2D eigenvalue weighted by atomic mass is 9.97. The van der Waals surface area contributed by atoms with Gasteiger partial charge in [-0.3, -0.25) is 0 Å². The first-order chi connectivity index (χ1) is 5.97. The highest BCUT2D eigenvalue weighted by molar-refractivity contribution is 5.19. The van der Waals surface area contributed by atoms with E-state index in [4.69, 9.17) is 9.78 Å². The average molecular weight is 164 g/mol. The van der Waals surface area contributed by atoms with Crippen molar-refractivity contribution in [1.29, 1.82) is 0 Å². The smallest absolute Gasteiger partial charge is 0.0891 e. The van der Waals surface area contributed by atoms with Crippen LogP contribution in [0.3, 0.4) is 0 Å². The molecule has 0 N–H and O–H groups in total. The normalized spacial score (nSPS) is 23.8. The molecule has 1 atom stereocenters. The lowest BCUT2D eigenvalue weighted by molar-refractivity contribution is -0.317. The van der Waals surface area contributed by atoms with E-state index >= 15 is 0 Å². The van der Waals surface area contributed by atoms with Gasteiger partial charge in [0.1, 0.15) is 0 Å². The highest BCUT2D eigenvalue weighted by Crippen LogP contribution is 2.22. The molecule has 64 valence electrons. The molecule has 2 nitrogen and oxygen atoms in total. The van der Waals surface area contributed by atoms with E-state index in [-0.39, 0.29) is 0 Å². The zero-order valence-electron chi connectivity index (χ0n) is 6.90. The molecule has 1 heterocycles. The Bertz CT molecular complexity index is 227. The Morgan fingerprint density at radius 3 is 2.58 bits per heavy atom. The quantitative estimate of drug-likeness (QED) is 0.592.